The predicted molar refractivity (Wildman–Crippen MR) is 82.7 cm³/mol. The number of hydrogen-bond donors (Lipinski definition) is 1. The van der Waals surface area contributed by atoms with Gasteiger partial charge in [0.2, 0.25) is 0 Å². The summed E-state index contributed by atoms with van der Waals surface area (Å²) in [6.45, 7) is 5.46. The summed E-state index contributed by atoms with van der Waals surface area (Å²) in [6, 6.07) is 7.77. The minimum Gasteiger partial charge on any atom is -0.469 e. The van der Waals surface area contributed by atoms with E-state index in [-0.39, 0.29) is 24.3 Å². The molecule has 1 amide bonds. The number of methoxy groups -OCH3 is 1. The Morgan fingerprint density at radius 3 is 2.59 bits per heavy atom. The summed E-state index contributed by atoms with van der Waals surface area (Å²) in [4.78, 5) is 23.7. The Labute approximate surface area is 131 Å². The molecule has 1 N–H and O–H groups in total. The molecule has 0 bridgehead atoms. The molecule has 1 aliphatic carbocycles. The number of ether oxygens (including phenoxy) is 2. The van der Waals surface area contributed by atoms with Gasteiger partial charge in [0.05, 0.1) is 13.5 Å². The van der Waals surface area contributed by atoms with Gasteiger partial charge in [-0.1, -0.05) is 24.3 Å². The largest absolute Gasteiger partial charge is 0.469 e. The molecule has 0 radical (unpaired) electrons. The topological polar surface area (TPSA) is 64.6 Å². The molecular formula is C17H23NO4. The monoisotopic (exact) mass is 305 g/mol. The number of benzene rings is 1. The molecule has 0 fully saturated rings. The van der Waals surface area contributed by atoms with E-state index in [0.29, 0.717) is 6.42 Å². The fraction of sp³-hybridized carbons (Fsp3) is 0.529. The molecular weight excluding hydrogens is 282 g/mol. The number of carbonyl (C=O) groups excluding carboxylic acids is 2. The summed E-state index contributed by atoms with van der Waals surface area (Å²) in [5.74, 6) is -0.367. The summed E-state index contributed by atoms with van der Waals surface area (Å²) in [6.07, 6.45) is 0.477. The van der Waals surface area contributed by atoms with Gasteiger partial charge in [0.15, 0.2) is 0 Å². The van der Waals surface area contributed by atoms with Crippen LogP contribution in [0.5, 0.6) is 0 Å². The molecule has 2 atom stereocenters. The summed E-state index contributed by atoms with van der Waals surface area (Å²) >= 11 is 0. The van der Waals surface area contributed by atoms with Crippen molar-refractivity contribution >= 4 is 12.1 Å². The molecule has 1 aliphatic rings. The SMILES string of the molecule is COC(=O)C[C@@H]1c2ccccc2CC1NC(=O)OC(C)(C)C. The van der Waals surface area contributed by atoms with Gasteiger partial charge in [-0.25, -0.2) is 4.79 Å². The molecule has 5 heteroatoms. The summed E-state index contributed by atoms with van der Waals surface area (Å²) in [7, 11) is 1.37. The van der Waals surface area contributed by atoms with E-state index >= 15 is 0 Å². The number of hydrogen-bond acceptors (Lipinski definition) is 4. The normalized spacial score (nSPS) is 20.2. The van der Waals surface area contributed by atoms with E-state index in [1.807, 2.05) is 45.0 Å². The number of fused-ring (bicyclic) bond motifs is 1. The van der Waals surface area contributed by atoms with Crippen molar-refractivity contribution in [3.63, 3.8) is 0 Å². The predicted octanol–water partition coefficient (Wildman–Crippen LogP) is 2.78. The fourth-order valence-electron chi connectivity index (χ4n) is 2.80. The highest BCUT2D eigenvalue weighted by Crippen LogP contribution is 2.36. The average molecular weight is 305 g/mol. The Hall–Kier alpha value is -2.04. The molecule has 0 spiro atoms. The van der Waals surface area contributed by atoms with Crippen LogP contribution >= 0.6 is 0 Å². The molecule has 1 aromatic carbocycles. The molecule has 0 aromatic heterocycles. The maximum absolute atomic E-state index is 12.0. The lowest BCUT2D eigenvalue weighted by atomic mass is 9.95. The van der Waals surface area contributed by atoms with Crippen LogP contribution in [-0.4, -0.2) is 30.8 Å². The lowest BCUT2D eigenvalue weighted by Crippen LogP contribution is -2.41. The third kappa shape index (κ3) is 4.00. The van der Waals surface area contributed by atoms with Gasteiger partial charge in [0.25, 0.3) is 0 Å². The number of nitrogens with one attached hydrogen (secondary N) is 1. The average Bonchev–Trinajstić information content (AvgIpc) is 2.74. The zero-order chi connectivity index (χ0) is 16.3. The first-order chi connectivity index (χ1) is 10.3. The Morgan fingerprint density at radius 1 is 1.27 bits per heavy atom. The van der Waals surface area contributed by atoms with Gasteiger partial charge in [0.1, 0.15) is 5.60 Å². The number of carbonyl (C=O) groups is 2. The van der Waals surface area contributed by atoms with Crippen molar-refractivity contribution in [3.8, 4) is 0 Å². The van der Waals surface area contributed by atoms with Gasteiger partial charge in [-0.2, -0.15) is 0 Å². The summed E-state index contributed by atoms with van der Waals surface area (Å²) < 4.78 is 10.1. The van der Waals surface area contributed by atoms with Gasteiger partial charge in [-0.3, -0.25) is 4.79 Å². The maximum Gasteiger partial charge on any atom is 0.407 e. The minimum atomic E-state index is -0.548. The van der Waals surface area contributed by atoms with E-state index in [0.717, 1.165) is 11.1 Å². The Morgan fingerprint density at radius 2 is 1.95 bits per heavy atom. The van der Waals surface area contributed by atoms with E-state index < -0.39 is 11.7 Å². The Balaban J connectivity index is 2.13. The van der Waals surface area contributed by atoms with Crippen molar-refractivity contribution in [2.45, 2.75) is 51.2 Å². The van der Waals surface area contributed by atoms with Crippen LogP contribution in [0, 0.1) is 0 Å². The maximum atomic E-state index is 12.0. The van der Waals surface area contributed by atoms with E-state index in [1.54, 1.807) is 0 Å². The fourth-order valence-corrected chi connectivity index (χ4v) is 2.80. The summed E-state index contributed by atoms with van der Waals surface area (Å²) in [5, 5.41) is 2.89. The second-order valence-corrected chi connectivity index (χ2v) is 6.54. The molecule has 0 heterocycles. The highest BCUT2D eigenvalue weighted by Gasteiger charge is 2.35. The van der Waals surface area contributed by atoms with E-state index in [2.05, 4.69) is 5.32 Å². The highest BCUT2D eigenvalue weighted by molar-refractivity contribution is 5.72. The summed E-state index contributed by atoms with van der Waals surface area (Å²) in [5.41, 5.74) is 1.69. The molecule has 0 saturated carbocycles. The van der Waals surface area contributed by atoms with Crippen LogP contribution in [-0.2, 0) is 20.7 Å². The highest BCUT2D eigenvalue weighted by atomic mass is 16.6. The third-order valence-electron chi connectivity index (χ3n) is 3.70. The zero-order valence-corrected chi connectivity index (χ0v) is 13.5. The van der Waals surface area contributed by atoms with E-state index in [4.69, 9.17) is 9.47 Å². The van der Waals surface area contributed by atoms with Crippen molar-refractivity contribution in [1.82, 2.24) is 5.32 Å². The van der Waals surface area contributed by atoms with Crippen LogP contribution in [0.4, 0.5) is 4.79 Å². The second-order valence-electron chi connectivity index (χ2n) is 6.54. The van der Waals surface area contributed by atoms with Crippen LogP contribution in [0.1, 0.15) is 44.2 Å². The van der Waals surface area contributed by atoms with Crippen LogP contribution in [0.25, 0.3) is 0 Å². The van der Waals surface area contributed by atoms with Crippen molar-refractivity contribution in [1.29, 1.82) is 0 Å². The first-order valence-electron chi connectivity index (χ1n) is 7.44. The molecule has 2 rings (SSSR count). The zero-order valence-electron chi connectivity index (χ0n) is 13.5. The van der Waals surface area contributed by atoms with Crippen LogP contribution in [0.2, 0.25) is 0 Å². The van der Waals surface area contributed by atoms with Crippen molar-refractivity contribution in [3.05, 3.63) is 35.4 Å². The lowest BCUT2D eigenvalue weighted by Gasteiger charge is -2.24. The standard InChI is InChI=1S/C17H23NO4/c1-17(2,3)22-16(20)18-14-9-11-7-5-6-8-12(11)13(14)10-15(19)21-4/h5-8,13-14H,9-10H2,1-4H3,(H,18,20)/t13-,14?/m1/s1. The van der Waals surface area contributed by atoms with Crippen molar-refractivity contribution in [2.24, 2.45) is 0 Å². The van der Waals surface area contributed by atoms with Gasteiger partial charge < -0.3 is 14.8 Å². The molecule has 0 saturated heterocycles. The van der Waals surface area contributed by atoms with Gasteiger partial charge in [0, 0.05) is 12.0 Å². The second kappa shape index (κ2) is 6.38. The van der Waals surface area contributed by atoms with Crippen LogP contribution in [0.15, 0.2) is 24.3 Å². The lowest BCUT2D eigenvalue weighted by molar-refractivity contribution is -0.141. The van der Waals surface area contributed by atoms with Crippen LogP contribution in [0.3, 0.4) is 0 Å². The molecule has 22 heavy (non-hydrogen) atoms. The minimum absolute atomic E-state index is 0.0869. The number of amides is 1. The number of esters is 1. The molecule has 1 aromatic rings. The first kappa shape index (κ1) is 16.3. The van der Waals surface area contributed by atoms with Gasteiger partial charge in [-0.05, 0) is 38.3 Å². The third-order valence-corrected chi connectivity index (χ3v) is 3.70. The van der Waals surface area contributed by atoms with Gasteiger partial charge in [-0.15, -0.1) is 0 Å². The van der Waals surface area contributed by atoms with E-state index in [9.17, 15) is 9.59 Å². The molecule has 120 valence electrons. The quantitative estimate of drug-likeness (QED) is 0.872. The van der Waals surface area contributed by atoms with Crippen molar-refractivity contribution < 1.29 is 19.1 Å². The Bertz CT molecular complexity index is 562. The Kier molecular flexibility index (Phi) is 4.74. The van der Waals surface area contributed by atoms with Gasteiger partial charge >= 0.3 is 12.1 Å². The first-order valence-corrected chi connectivity index (χ1v) is 7.44. The van der Waals surface area contributed by atoms with Crippen molar-refractivity contribution in [2.75, 3.05) is 7.11 Å². The molecule has 1 unspecified atom stereocenters. The smallest absolute Gasteiger partial charge is 0.407 e. The van der Waals surface area contributed by atoms with E-state index in [1.165, 1.54) is 7.11 Å². The van der Waals surface area contributed by atoms with Crippen LogP contribution < -0.4 is 5.32 Å². The number of alkyl carbamates (subject to hydrolysis) is 1. The number of rotatable bonds is 3. The molecule has 0 aliphatic heterocycles. The molecule has 5 nitrogen and oxygen atoms in total.